The highest BCUT2D eigenvalue weighted by Gasteiger charge is 2.47. The molecular weight excluding hydrogens is 632 g/mol. The standard InChI is InChI=1S/C42H78O8/c1-4-7-10-13-16-19-22-25-28-31-38(44)48-36(34-43)41-42(50-40(46)33-30-27-24-21-18-15-12-9-6-3)37(35-47-41)49-39(45)32-29-26-23-20-17-14-11-8-5-2/h36-37,41-43H,4-35H2,1-3H3/t36-,37+,41-,42-/m1/s1. The summed E-state index contributed by atoms with van der Waals surface area (Å²) in [6, 6.07) is 0. The van der Waals surface area contributed by atoms with Crippen molar-refractivity contribution in [3.8, 4) is 0 Å². The number of carbonyl (C=O) groups excluding carboxylic acids is 3. The highest BCUT2D eigenvalue weighted by atomic mass is 16.6. The van der Waals surface area contributed by atoms with Gasteiger partial charge in [0.15, 0.2) is 18.3 Å². The zero-order valence-corrected chi connectivity index (χ0v) is 32.7. The summed E-state index contributed by atoms with van der Waals surface area (Å²) < 4.78 is 23.3. The summed E-state index contributed by atoms with van der Waals surface area (Å²) in [7, 11) is 0. The maximum absolute atomic E-state index is 13.0. The maximum atomic E-state index is 13.0. The molecule has 294 valence electrons. The molecule has 0 saturated carbocycles. The van der Waals surface area contributed by atoms with Gasteiger partial charge < -0.3 is 24.1 Å². The lowest BCUT2D eigenvalue weighted by Crippen LogP contribution is -2.46. The van der Waals surface area contributed by atoms with Crippen LogP contribution in [-0.4, -0.2) is 60.6 Å². The summed E-state index contributed by atoms with van der Waals surface area (Å²) >= 11 is 0. The van der Waals surface area contributed by atoms with Crippen molar-refractivity contribution in [3.05, 3.63) is 0 Å². The molecule has 50 heavy (non-hydrogen) atoms. The number of carbonyl (C=O) groups is 3. The smallest absolute Gasteiger partial charge is 0.306 e. The maximum Gasteiger partial charge on any atom is 0.306 e. The van der Waals surface area contributed by atoms with Gasteiger partial charge in [0.2, 0.25) is 0 Å². The monoisotopic (exact) mass is 711 g/mol. The number of rotatable bonds is 35. The van der Waals surface area contributed by atoms with Crippen LogP contribution in [-0.2, 0) is 33.3 Å². The molecule has 8 heteroatoms. The molecule has 0 radical (unpaired) electrons. The van der Waals surface area contributed by atoms with Gasteiger partial charge in [0.1, 0.15) is 6.10 Å². The second-order valence-corrected chi connectivity index (χ2v) is 14.7. The number of hydrogen-bond donors (Lipinski definition) is 1. The molecule has 0 aliphatic carbocycles. The number of ether oxygens (including phenoxy) is 4. The fraction of sp³-hybridized carbons (Fsp3) is 0.929. The van der Waals surface area contributed by atoms with Crippen molar-refractivity contribution in [2.24, 2.45) is 0 Å². The third-order valence-corrected chi connectivity index (χ3v) is 9.98. The summed E-state index contributed by atoms with van der Waals surface area (Å²) in [5.41, 5.74) is 0. The van der Waals surface area contributed by atoms with Gasteiger partial charge in [0, 0.05) is 19.3 Å². The summed E-state index contributed by atoms with van der Waals surface area (Å²) in [4.78, 5) is 38.5. The third kappa shape index (κ3) is 24.5. The van der Waals surface area contributed by atoms with Gasteiger partial charge in [-0.3, -0.25) is 14.4 Å². The van der Waals surface area contributed by atoms with Crippen LogP contribution < -0.4 is 0 Å². The van der Waals surface area contributed by atoms with E-state index in [0.717, 1.165) is 57.8 Å². The van der Waals surface area contributed by atoms with Crippen LogP contribution in [0.5, 0.6) is 0 Å². The second-order valence-electron chi connectivity index (χ2n) is 14.7. The van der Waals surface area contributed by atoms with Crippen LogP contribution in [0.25, 0.3) is 0 Å². The number of esters is 3. The van der Waals surface area contributed by atoms with E-state index < -0.39 is 37.0 Å². The Morgan fingerprint density at radius 1 is 0.520 bits per heavy atom. The van der Waals surface area contributed by atoms with Gasteiger partial charge in [-0.2, -0.15) is 0 Å². The van der Waals surface area contributed by atoms with Crippen molar-refractivity contribution in [1.29, 1.82) is 0 Å². The van der Waals surface area contributed by atoms with E-state index in [-0.39, 0.29) is 31.4 Å². The van der Waals surface area contributed by atoms with Gasteiger partial charge in [0.05, 0.1) is 13.2 Å². The minimum absolute atomic E-state index is 0.0243. The molecule has 0 unspecified atom stereocenters. The molecular formula is C42H78O8. The highest BCUT2D eigenvalue weighted by molar-refractivity contribution is 5.71. The molecule has 0 bridgehead atoms. The minimum Gasteiger partial charge on any atom is -0.457 e. The topological polar surface area (TPSA) is 108 Å². The number of unbranched alkanes of at least 4 members (excludes halogenated alkanes) is 24. The lowest BCUT2D eigenvalue weighted by molar-refractivity contribution is -0.175. The molecule has 1 heterocycles. The summed E-state index contributed by atoms with van der Waals surface area (Å²) in [5, 5.41) is 10.2. The normalized spacial score (nSPS) is 17.9. The zero-order chi connectivity index (χ0) is 36.5. The van der Waals surface area contributed by atoms with E-state index in [1.54, 1.807) is 0 Å². The molecule has 1 N–H and O–H groups in total. The fourth-order valence-electron chi connectivity index (χ4n) is 6.78. The molecule has 8 nitrogen and oxygen atoms in total. The van der Waals surface area contributed by atoms with Crippen LogP contribution in [0.2, 0.25) is 0 Å². The Morgan fingerprint density at radius 2 is 0.860 bits per heavy atom. The first kappa shape index (κ1) is 46.4. The Bertz CT molecular complexity index is 818. The number of hydrogen-bond acceptors (Lipinski definition) is 8. The van der Waals surface area contributed by atoms with E-state index in [2.05, 4.69) is 20.8 Å². The second kappa shape index (κ2) is 33.2. The van der Waals surface area contributed by atoms with Crippen LogP contribution in [0.4, 0.5) is 0 Å². The predicted octanol–water partition coefficient (Wildman–Crippen LogP) is 10.9. The molecule has 1 saturated heterocycles. The van der Waals surface area contributed by atoms with E-state index in [9.17, 15) is 19.5 Å². The first-order valence-electron chi connectivity index (χ1n) is 21.3. The van der Waals surface area contributed by atoms with Crippen LogP contribution in [0, 0.1) is 0 Å². The van der Waals surface area contributed by atoms with E-state index in [1.807, 2.05) is 0 Å². The van der Waals surface area contributed by atoms with Crippen molar-refractivity contribution >= 4 is 17.9 Å². The van der Waals surface area contributed by atoms with Gasteiger partial charge in [0.25, 0.3) is 0 Å². The molecule has 1 rings (SSSR count). The zero-order valence-electron chi connectivity index (χ0n) is 32.7. The van der Waals surface area contributed by atoms with E-state index in [1.165, 1.54) is 116 Å². The molecule has 0 aromatic carbocycles. The van der Waals surface area contributed by atoms with E-state index >= 15 is 0 Å². The van der Waals surface area contributed by atoms with Crippen LogP contribution in [0.1, 0.15) is 213 Å². The van der Waals surface area contributed by atoms with Gasteiger partial charge in [-0.15, -0.1) is 0 Å². The molecule has 0 aromatic heterocycles. The molecule has 0 spiro atoms. The van der Waals surface area contributed by atoms with Crippen LogP contribution in [0.3, 0.4) is 0 Å². The SMILES string of the molecule is CCCCCCCCCCCC(=O)O[C@H]1[C@@H]([C@@H](CO)OC(=O)CCCCCCCCCCC)OC[C@@H]1OC(=O)CCCCCCCCCCC. The third-order valence-electron chi connectivity index (χ3n) is 9.98. The molecule has 0 amide bonds. The average Bonchev–Trinajstić information content (AvgIpc) is 3.49. The summed E-state index contributed by atoms with van der Waals surface area (Å²) in [6.07, 6.45) is 28.2. The van der Waals surface area contributed by atoms with Crippen molar-refractivity contribution in [1.82, 2.24) is 0 Å². The average molecular weight is 711 g/mol. The molecule has 0 aromatic rings. The van der Waals surface area contributed by atoms with Gasteiger partial charge in [-0.05, 0) is 19.3 Å². The van der Waals surface area contributed by atoms with Crippen LogP contribution >= 0.6 is 0 Å². The van der Waals surface area contributed by atoms with Gasteiger partial charge in [-0.25, -0.2) is 0 Å². The molecule has 1 fully saturated rings. The number of aliphatic hydroxyl groups excluding tert-OH is 1. The largest absolute Gasteiger partial charge is 0.457 e. The van der Waals surface area contributed by atoms with Crippen LogP contribution in [0.15, 0.2) is 0 Å². The number of aliphatic hydroxyl groups is 1. The highest BCUT2D eigenvalue weighted by Crippen LogP contribution is 2.27. The quantitative estimate of drug-likeness (QED) is 0.0393. The van der Waals surface area contributed by atoms with E-state index in [4.69, 9.17) is 18.9 Å². The summed E-state index contributed by atoms with van der Waals surface area (Å²) in [5.74, 6) is -1.13. The Balaban J connectivity index is 2.59. The van der Waals surface area contributed by atoms with Crippen molar-refractivity contribution < 1.29 is 38.4 Å². The lowest BCUT2D eigenvalue weighted by atomic mass is 10.0. The van der Waals surface area contributed by atoms with Crippen molar-refractivity contribution in [2.75, 3.05) is 13.2 Å². The van der Waals surface area contributed by atoms with Gasteiger partial charge >= 0.3 is 17.9 Å². The Labute approximate surface area is 306 Å². The predicted molar refractivity (Wildman–Crippen MR) is 202 cm³/mol. The molecule has 4 atom stereocenters. The van der Waals surface area contributed by atoms with Crippen molar-refractivity contribution in [2.45, 2.75) is 238 Å². The molecule has 1 aliphatic heterocycles. The Hall–Kier alpha value is -1.67. The summed E-state index contributed by atoms with van der Waals surface area (Å²) in [6.45, 7) is 6.22. The lowest BCUT2D eigenvalue weighted by Gasteiger charge is -2.28. The first-order chi connectivity index (χ1) is 24.5. The Kier molecular flexibility index (Phi) is 30.8. The van der Waals surface area contributed by atoms with Gasteiger partial charge in [-0.1, -0.05) is 175 Å². The fourth-order valence-corrected chi connectivity index (χ4v) is 6.78. The molecule has 1 aliphatic rings. The first-order valence-corrected chi connectivity index (χ1v) is 21.3. The minimum atomic E-state index is -1.01. The Morgan fingerprint density at radius 3 is 1.24 bits per heavy atom. The van der Waals surface area contributed by atoms with E-state index in [0.29, 0.717) is 6.42 Å². The van der Waals surface area contributed by atoms with Crippen molar-refractivity contribution in [3.63, 3.8) is 0 Å².